The minimum Gasteiger partial charge on any atom is -0.497 e. The molecule has 0 N–H and O–H groups in total. The van der Waals surface area contributed by atoms with E-state index in [0.717, 1.165) is 11.1 Å². The first-order valence-corrected chi connectivity index (χ1v) is 8.00. The molecule has 2 aromatic rings. The van der Waals surface area contributed by atoms with Crippen LogP contribution >= 0.6 is 0 Å². The summed E-state index contributed by atoms with van der Waals surface area (Å²) in [5.74, 6) is 0.691. The minimum atomic E-state index is -3.57. The molecule has 2 aromatic carbocycles. The van der Waals surface area contributed by atoms with E-state index >= 15 is 0 Å². The molecule has 0 bridgehead atoms. The van der Waals surface area contributed by atoms with Gasteiger partial charge in [-0.3, -0.25) is 4.31 Å². The van der Waals surface area contributed by atoms with E-state index in [1.165, 1.54) is 4.31 Å². The van der Waals surface area contributed by atoms with Gasteiger partial charge in [-0.25, -0.2) is 8.42 Å². The van der Waals surface area contributed by atoms with Gasteiger partial charge in [0.1, 0.15) is 5.75 Å². The lowest BCUT2D eigenvalue weighted by atomic mass is 10.2. The van der Waals surface area contributed by atoms with Crippen LogP contribution in [0.4, 0.5) is 5.69 Å². The van der Waals surface area contributed by atoms with Crippen LogP contribution in [0.5, 0.6) is 5.75 Å². The van der Waals surface area contributed by atoms with Gasteiger partial charge in [-0.15, -0.1) is 0 Å². The van der Waals surface area contributed by atoms with Crippen LogP contribution in [0, 0.1) is 13.8 Å². The second kappa shape index (κ2) is 5.77. The summed E-state index contributed by atoms with van der Waals surface area (Å²) in [4.78, 5) is 0.334. The van der Waals surface area contributed by atoms with Crippen LogP contribution in [0.3, 0.4) is 0 Å². The Morgan fingerprint density at radius 2 is 1.62 bits per heavy atom. The highest BCUT2D eigenvalue weighted by Gasteiger charge is 2.23. The molecular formula is C16H19NO3S. The molecule has 0 aliphatic carbocycles. The molecule has 2 rings (SSSR count). The largest absolute Gasteiger partial charge is 0.497 e. The SMILES string of the molecule is COc1ccc(N(C)S(=O)(=O)c2cc(C)ccc2C)cc1. The molecule has 0 atom stereocenters. The number of aryl methyl sites for hydroxylation is 2. The number of methoxy groups -OCH3 is 1. The number of hydrogen-bond donors (Lipinski definition) is 0. The average Bonchev–Trinajstić information content (AvgIpc) is 2.49. The molecule has 0 amide bonds. The van der Waals surface area contributed by atoms with Gasteiger partial charge < -0.3 is 4.74 Å². The van der Waals surface area contributed by atoms with Gasteiger partial charge in [0.2, 0.25) is 0 Å². The number of benzene rings is 2. The molecule has 0 fully saturated rings. The Morgan fingerprint density at radius 1 is 1.00 bits per heavy atom. The maximum absolute atomic E-state index is 12.8. The van der Waals surface area contributed by atoms with E-state index in [4.69, 9.17) is 4.74 Å². The van der Waals surface area contributed by atoms with E-state index in [2.05, 4.69) is 0 Å². The first-order valence-electron chi connectivity index (χ1n) is 6.56. The van der Waals surface area contributed by atoms with E-state index in [0.29, 0.717) is 16.3 Å². The fourth-order valence-corrected chi connectivity index (χ4v) is 3.57. The Hall–Kier alpha value is -2.01. The standard InChI is InChI=1S/C16H19NO3S/c1-12-5-6-13(2)16(11-12)21(18,19)17(3)14-7-9-15(20-4)10-8-14/h5-11H,1-4H3. The molecule has 21 heavy (non-hydrogen) atoms. The Balaban J connectivity index is 2.44. The van der Waals surface area contributed by atoms with E-state index in [-0.39, 0.29) is 0 Å². The van der Waals surface area contributed by atoms with Crippen LogP contribution in [0.15, 0.2) is 47.4 Å². The molecular weight excluding hydrogens is 286 g/mol. The molecule has 0 radical (unpaired) electrons. The van der Waals surface area contributed by atoms with Crippen LogP contribution in [0.1, 0.15) is 11.1 Å². The van der Waals surface area contributed by atoms with Crippen molar-refractivity contribution >= 4 is 15.7 Å². The summed E-state index contributed by atoms with van der Waals surface area (Å²) in [5, 5.41) is 0. The van der Waals surface area contributed by atoms with Crippen molar-refractivity contribution in [3.05, 3.63) is 53.6 Å². The summed E-state index contributed by atoms with van der Waals surface area (Å²) in [7, 11) is -0.443. The van der Waals surface area contributed by atoms with Crippen molar-refractivity contribution in [2.24, 2.45) is 0 Å². The maximum Gasteiger partial charge on any atom is 0.264 e. The third kappa shape index (κ3) is 3.03. The van der Waals surface area contributed by atoms with Gasteiger partial charge in [0.05, 0.1) is 17.7 Å². The highest BCUT2D eigenvalue weighted by atomic mass is 32.2. The van der Waals surface area contributed by atoms with Crippen molar-refractivity contribution in [3.8, 4) is 5.75 Å². The smallest absolute Gasteiger partial charge is 0.264 e. The first-order chi connectivity index (χ1) is 9.86. The highest BCUT2D eigenvalue weighted by Crippen LogP contribution is 2.26. The lowest BCUT2D eigenvalue weighted by Gasteiger charge is -2.21. The quantitative estimate of drug-likeness (QED) is 0.872. The van der Waals surface area contributed by atoms with Crippen molar-refractivity contribution < 1.29 is 13.2 Å². The van der Waals surface area contributed by atoms with E-state index in [1.54, 1.807) is 51.4 Å². The van der Waals surface area contributed by atoms with Gasteiger partial charge in [-0.05, 0) is 55.3 Å². The third-order valence-electron chi connectivity index (χ3n) is 3.42. The van der Waals surface area contributed by atoms with Gasteiger partial charge in [0, 0.05) is 7.05 Å². The van der Waals surface area contributed by atoms with Gasteiger partial charge in [0.25, 0.3) is 10.0 Å². The number of ether oxygens (including phenoxy) is 1. The van der Waals surface area contributed by atoms with Gasteiger partial charge in [-0.2, -0.15) is 0 Å². The minimum absolute atomic E-state index is 0.334. The third-order valence-corrected chi connectivity index (χ3v) is 5.35. The predicted octanol–water partition coefficient (Wildman–Crippen LogP) is 3.14. The average molecular weight is 305 g/mol. The fraction of sp³-hybridized carbons (Fsp3) is 0.250. The topological polar surface area (TPSA) is 46.6 Å². The number of sulfonamides is 1. The first kappa shape index (κ1) is 15.4. The molecule has 0 aliphatic rings. The summed E-state index contributed by atoms with van der Waals surface area (Å²) >= 11 is 0. The molecule has 0 unspecified atom stereocenters. The zero-order valence-corrected chi connectivity index (χ0v) is 13.4. The van der Waals surface area contributed by atoms with Crippen molar-refractivity contribution in [3.63, 3.8) is 0 Å². The fourth-order valence-electron chi connectivity index (χ4n) is 2.06. The second-order valence-electron chi connectivity index (χ2n) is 4.94. The van der Waals surface area contributed by atoms with Gasteiger partial charge in [0.15, 0.2) is 0 Å². The molecule has 5 heteroatoms. The van der Waals surface area contributed by atoms with Gasteiger partial charge in [-0.1, -0.05) is 12.1 Å². The Kier molecular flexibility index (Phi) is 4.23. The Bertz CT molecular complexity index is 737. The lowest BCUT2D eigenvalue weighted by molar-refractivity contribution is 0.415. The Morgan fingerprint density at radius 3 is 2.19 bits per heavy atom. The highest BCUT2D eigenvalue weighted by molar-refractivity contribution is 7.92. The van der Waals surface area contributed by atoms with E-state index in [1.807, 2.05) is 19.1 Å². The molecule has 0 saturated carbocycles. The predicted molar refractivity (Wildman–Crippen MR) is 84.5 cm³/mol. The maximum atomic E-state index is 12.8. The molecule has 0 saturated heterocycles. The zero-order valence-electron chi connectivity index (χ0n) is 12.6. The number of nitrogens with zero attached hydrogens (tertiary/aromatic N) is 1. The second-order valence-corrected chi connectivity index (χ2v) is 6.88. The summed E-state index contributed by atoms with van der Waals surface area (Å²) < 4.78 is 31.9. The lowest BCUT2D eigenvalue weighted by Crippen LogP contribution is -2.27. The normalized spacial score (nSPS) is 11.2. The van der Waals surface area contributed by atoms with Crippen LogP contribution in [0.25, 0.3) is 0 Å². The summed E-state index contributed by atoms with van der Waals surface area (Å²) in [5.41, 5.74) is 2.25. The molecule has 0 aromatic heterocycles. The summed E-state index contributed by atoms with van der Waals surface area (Å²) in [6, 6.07) is 12.4. The molecule has 0 spiro atoms. The zero-order chi connectivity index (χ0) is 15.6. The number of rotatable bonds is 4. The number of hydrogen-bond acceptors (Lipinski definition) is 3. The monoisotopic (exact) mass is 305 g/mol. The number of anilines is 1. The van der Waals surface area contributed by atoms with Crippen LogP contribution < -0.4 is 9.04 Å². The summed E-state index contributed by atoms with van der Waals surface area (Å²) in [6.45, 7) is 3.68. The van der Waals surface area contributed by atoms with Gasteiger partial charge >= 0.3 is 0 Å². The van der Waals surface area contributed by atoms with Crippen LogP contribution in [-0.4, -0.2) is 22.6 Å². The van der Waals surface area contributed by atoms with Crippen LogP contribution in [-0.2, 0) is 10.0 Å². The van der Waals surface area contributed by atoms with E-state index < -0.39 is 10.0 Å². The summed E-state index contributed by atoms with van der Waals surface area (Å²) in [6.07, 6.45) is 0. The van der Waals surface area contributed by atoms with Crippen molar-refractivity contribution in [2.75, 3.05) is 18.5 Å². The van der Waals surface area contributed by atoms with Crippen molar-refractivity contribution in [1.29, 1.82) is 0 Å². The van der Waals surface area contributed by atoms with Crippen molar-refractivity contribution in [2.45, 2.75) is 18.7 Å². The Labute approximate surface area is 126 Å². The molecule has 0 heterocycles. The molecule has 112 valence electrons. The van der Waals surface area contributed by atoms with Crippen LogP contribution in [0.2, 0.25) is 0 Å². The molecule has 4 nitrogen and oxygen atoms in total. The molecule has 0 aliphatic heterocycles. The van der Waals surface area contributed by atoms with E-state index in [9.17, 15) is 8.42 Å². The van der Waals surface area contributed by atoms with Crippen molar-refractivity contribution in [1.82, 2.24) is 0 Å².